The molecule has 0 aromatic heterocycles. The van der Waals surface area contributed by atoms with Gasteiger partial charge in [0.2, 0.25) is 0 Å². The van der Waals surface area contributed by atoms with Gasteiger partial charge in [0.1, 0.15) is 5.54 Å². The van der Waals surface area contributed by atoms with Crippen LogP contribution in [0.25, 0.3) is 0 Å². The van der Waals surface area contributed by atoms with Crippen LogP contribution >= 0.6 is 0 Å². The van der Waals surface area contributed by atoms with Crippen LogP contribution < -0.4 is 5.32 Å². The number of carboxylic acids is 1. The maximum atomic E-state index is 12.8. The lowest BCUT2D eigenvalue weighted by Crippen LogP contribution is -2.76. The molecule has 1 saturated heterocycles. The largest absolute Gasteiger partial charge is 0.479 e. The number of hydrogen-bond donors (Lipinski definition) is 2. The van der Waals surface area contributed by atoms with Crippen LogP contribution in [-0.2, 0) is 14.3 Å². The fourth-order valence-electron chi connectivity index (χ4n) is 4.03. The number of nitrogens with one attached hydrogen (secondary N) is 1. The highest BCUT2D eigenvalue weighted by Gasteiger charge is 2.66. The molecular weight excluding hydrogens is 334 g/mol. The molecule has 6 nitrogen and oxygen atoms in total. The van der Waals surface area contributed by atoms with Gasteiger partial charge in [-0.15, -0.1) is 0 Å². The zero-order chi connectivity index (χ0) is 18.9. The van der Waals surface area contributed by atoms with Gasteiger partial charge in [0.15, 0.2) is 0 Å². The van der Waals surface area contributed by atoms with E-state index in [9.17, 15) is 14.7 Å². The number of carboxylic acid groups (broad SMARTS) is 1. The summed E-state index contributed by atoms with van der Waals surface area (Å²) in [5.74, 6) is -1.10. The van der Waals surface area contributed by atoms with Gasteiger partial charge in [-0.25, -0.2) is 4.79 Å². The minimum absolute atomic E-state index is 0.189. The molecule has 1 aliphatic carbocycles. The van der Waals surface area contributed by atoms with Gasteiger partial charge in [0.05, 0.1) is 12.7 Å². The molecule has 142 valence electrons. The smallest absolute Gasteiger partial charge is 0.330 e. The molecule has 2 N–H and O–H groups in total. The second-order valence-corrected chi connectivity index (χ2v) is 7.72. The first-order chi connectivity index (χ1) is 12.3. The van der Waals surface area contributed by atoms with Gasteiger partial charge >= 0.3 is 5.97 Å². The number of hydrogen-bond acceptors (Lipinski definition) is 4. The molecule has 2 aliphatic rings. The van der Waals surface area contributed by atoms with Gasteiger partial charge in [-0.2, -0.15) is 0 Å². The molecule has 3 unspecified atom stereocenters. The third kappa shape index (κ3) is 3.01. The molecule has 2 fully saturated rings. The Morgan fingerprint density at radius 2 is 2.15 bits per heavy atom. The highest BCUT2D eigenvalue weighted by atomic mass is 16.5. The van der Waals surface area contributed by atoms with E-state index >= 15 is 0 Å². The Morgan fingerprint density at radius 3 is 2.73 bits per heavy atom. The Labute approximate surface area is 153 Å². The van der Waals surface area contributed by atoms with Crippen molar-refractivity contribution < 1.29 is 24.2 Å². The second kappa shape index (κ2) is 7.00. The Morgan fingerprint density at radius 1 is 1.38 bits per heavy atom. The van der Waals surface area contributed by atoms with E-state index in [1.807, 2.05) is 39.0 Å². The van der Waals surface area contributed by atoms with Gasteiger partial charge in [-0.05, 0) is 31.0 Å². The summed E-state index contributed by atoms with van der Waals surface area (Å²) in [6.07, 6.45) is 1.02. The van der Waals surface area contributed by atoms with Crippen molar-refractivity contribution >= 4 is 11.9 Å². The van der Waals surface area contributed by atoms with Crippen LogP contribution in [0.5, 0.6) is 0 Å². The molecule has 26 heavy (non-hydrogen) atoms. The van der Waals surface area contributed by atoms with Crippen molar-refractivity contribution in [2.24, 2.45) is 5.41 Å². The minimum atomic E-state index is -1.32. The second-order valence-electron chi connectivity index (χ2n) is 7.72. The van der Waals surface area contributed by atoms with E-state index in [4.69, 9.17) is 9.47 Å². The van der Waals surface area contributed by atoms with Crippen molar-refractivity contribution in [3.63, 3.8) is 0 Å². The predicted octanol–water partition coefficient (Wildman–Crippen LogP) is 2.58. The molecular formula is C20H27NO5. The lowest BCUT2D eigenvalue weighted by atomic mass is 9.54. The molecule has 3 atom stereocenters. The average molecular weight is 361 g/mol. The maximum Gasteiger partial charge on any atom is 0.330 e. The van der Waals surface area contributed by atoms with E-state index in [0.717, 1.165) is 18.6 Å². The molecule has 1 heterocycles. The molecule has 3 rings (SSSR count). The average Bonchev–Trinajstić information content (AvgIpc) is 3.15. The third-order valence-electron chi connectivity index (χ3n) is 6.01. The van der Waals surface area contributed by atoms with E-state index in [1.54, 1.807) is 6.07 Å². The van der Waals surface area contributed by atoms with Crippen molar-refractivity contribution in [2.45, 2.75) is 51.2 Å². The Balaban J connectivity index is 1.80. The summed E-state index contributed by atoms with van der Waals surface area (Å²) in [6, 6.07) is 7.39. The van der Waals surface area contributed by atoms with Gasteiger partial charge in [0, 0.05) is 36.5 Å². The molecule has 1 aromatic carbocycles. The highest BCUT2D eigenvalue weighted by Crippen LogP contribution is 2.51. The molecule has 1 saturated carbocycles. The number of benzene rings is 1. The molecule has 0 radical (unpaired) electrons. The van der Waals surface area contributed by atoms with Crippen LogP contribution in [0.1, 0.15) is 55.5 Å². The van der Waals surface area contributed by atoms with Gasteiger partial charge in [0.25, 0.3) is 5.91 Å². The van der Waals surface area contributed by atoms with Gasteiger partial charge in [-0.3, -0.25) is 4.79 Å². The lowest BCUT2D eigenvalue weighted by molar-refractivity contribution is -0.190. The number of amides is 1. The number of ether oxygens (including phenoxy) is 2. The summed E-state index contributed by atoms with van der Waals surface area (Å²) < 4.78 is 11.1. The summed E-state index contributed by atoms with van der Waals surface area (Å²) >= 11 is 0. The van der Waals surface area contributed by atoms with Crippen LogP contribution in [-0.4, -0.2) is 48.4 Å². The van der Waals surface area contributed by atoms with E-state index in [-0.39, 0.29) is 18.4 Å². The number of carbonyl (C=O) groups excluding carboxylic acids is 1. The summed E-state index contributed by atoms with van der Waals surface area (Å²) in [6.45, 7) is 7.45. The Bertz CT molecular complexity index is 695. The molecule has 1 aliphatic heterocycles. The van der Waals surface area contributed by atoms with Gasteiger partial charge in [-0.1, -0.05) is 26.0 Å². The van der Waals surface area contributed by atoms with Crippen LogP contribution in [0.3, 0.4) is 0 Å². The SMILES string of the molecule is CCOC1CC(NC(=O)c2cccc(C3CCOC3)c2)(C(=O)O)C1(C)C. The van der Waals surface area contributed by atoms with E-state index in [1.165, 1.54) is 0 Å². The number of rotatable bonds is 6. The quantitative estimate of drug-likeness (QED) is 0.813. The maximum absolute atomic E-state index is 12.8. The first-order valence-electron chi connectivity index (χ1n) is 9.17. The normalized spacial score (nSPS) is 29.8. The van der Waals surface area contributed by atoms with Crippen LogP contribution in [0.2, 0.25) is 0 Å². The van der Waals surface area contributed by atoms with Crippen molar-refractivity contribution in [3.05, 3.63) is 35.4 Å². The fraction of sp³-hybridized carbons (Fsp3) is 0.600. The van der Waals surface area contributed by atoms with Crippen molar-refractivity contribution in [1.82, 2.24) is 5.32 Å². The zero-order valence-corrected chi connectivity index (χ0v) is 15.6. The fourth-order valence-corrected chi connectivity index (χ4v) is 4.03. The monoisotopic (exact) mass is 361 g/mol. The van der Waals surface area contributed by atoms with E-state index < -0.39 is 16.9 Å². The van der Waals surface area contributed by atoms with Crippen molar-refractivity contribution in [3.8, 4) is 0 Å². The Kier molecular flexibility index (Phi) is 5.08. The zero-order valence-electron chi connectivity index (χ0n) is 15.6. The van der Waals surface area contributed by atoms with E-state index in [2.05, 4.69) is 5.32 Å². The summed E-state index contributed by atoms with van der Waals surface area (Å²) in [5.41, 5.74) is -0.483. The molecule has 0 bridgehead atoms. The molecule has 1 amide bonds. The predicted molar refractivity (Wildman–Crippen MR) is 96.3 cm³/mol. The van der Waals surface area contributed by atoms with Gasteiger partial charge < -0.3 is 19.9 Å². The number of carbonyl (C=O) groups is 2. The van der Waals surface area contributed by atoms with Crippen LogP contribution in [0.4, 0.5) is 0 Å². The minimum Gasteiger partial charge on any atom is -0.479 e. The highest BCUT2D eigenvalue weighted by molar-refractivity contribution is 5.99. The van der Waals surface area contributed by atoms with Crippen LogP contribution in [0, 0.1) is 5.41 Å². The Hall–Kier alpha value is -1.92. The first kappa shape index (κ1) is 18.9. The lowest BCUT2D eigenvalue weighted by Gasteiger charge is -2.58. The number of aliphatic carboxylic acids is 1. The topological polar surface area (TPSA) is 84.9 Å². The standard InChI is InChI=1S/C20H27NO5/c1-4-26-16-11-20(18(23)24,19(16,2)3)21-17(22)14-7-5-6-13(10-14)15-8-9-25-12-15/h5-7,10,15-16H,4,8-9,11-12H2,1-3H3,(H,21,22)(H,23,24). The molecule has 6 heteroatoms. The van der Waals surface area contributed by atoms with E-state index in [0.29, 0.717) is 24.7 Å². The molecule has 1 aromatic rings. The summed E-state index contributed by atoms with van der Waals surface area (Å²) in [7, 11) is 0. The van der Waals surface area contributed by atoms with Crippen molar-refractivity contribution in [1.29, 1.82) is 0 Å². The third-order valence-corrected chi connectivity index (χ3v) is 6.01. The first-order valence-corrected chi connectivity index (χ1v) is 9.17. The summed E-state index contributed by atoms with van der Waals surface area (Å²) in [5, 5.41) is 12.6. The summed E-state index contributed by atoms with van der Waals surface area (Å²) in [4.78, 5) is 24.9. The van der Waals surface area contributed by atoms with Crippen LogP contribution in [0.15, 0.2) is 24.3 Å². The molecule has 0 spiro atoms. The van der Waals surface area contributed by atoms with Crippen molar-refractivity contribution in [2.75, 3.05) is 19.8 Å².